The van der Waals surface area contributed by atoms with Crippen molar-refractivity contribution in [3.05, 3.63) is 35.9 Å². The highest BCUT2D eigenvalue weighted by Gasteiger charge is 2.09. The van der Waals surface area contributed by atoms with Crippen molar-refractivity contribution in [3.8, 4) is 0 Å². The lowest BCUT2D eigenvalue weighted by atomic mass is 10.2. The number of nitrogens with zero attached hydrogens (tertiary/aromatic N) is 3. The van der Waals surface area contributed by atoms with Gasteiger partial charge in [-0.05, 0) is 18.6 Å². The number of hydrogen-bond donors (Lipinski definition) is 2. The van der Waals surface area contributed by atoms with Gasteiger partial charge in [0.15, 0.2) is 5.69 Å². The summed E-state index contributed by atoms with van der Waals surface area (Å²) >= 11 is 0. The fourth-order valence-electron chi connectivity index (χ4n) is 1.11. The Kier molecular flexibility index (Phi) is 2.40. The molecule has 2 aromatic heterocycles. The highest BCUT2D eigenvalue weighted by atomic mass is 16.2. The molecular weight excluding hydrogens is 194 g/mol. The summed E-state index contributed by atoms with van der Waals surface area (Å²) in [5.74, 6) is -0.293. The number of nitrogens with one attached hydrogen (secondary N) is 2. The van der Waals surface area contributed by atoms with Crippen LogP contribution in [0, 0.1) is 6.92 Å². The Morgan fingerprint density at radius 2 is 2.33 bits per heavy atom. The zero-order chi connectivity index (χ0) is 10.7. The highest BCUT2D eigenvalue weighted by Crippen LogP contribution is 2.12. The van der Waals surface area contributed by atoms with Crippen LogP contribution in [0.25, 0.3) is 0 Å². The van der Waals surface area contributed by atoms with Gasteiger partial charge >= 0.3 is 0 Å². The van der Waals surface area contributed by atoms with E-state index in [2.05, 4.69) is 25.7 Å². The number of aromatic nitrogens is 4. The van der Waals surface area contributed by atoms with E-state index < -0.39 is 0 Å². The predicted molar refractivity (Wildman–Crippen MR) is 53.3 cm³/mol. The lowest BCUT2D eigenvalue weighted by Crippen LogP contribution is -2.13. The Hall–Kier alpha value is -2.24. The fraction of sp³-hybridized carbons (Fsp3) is 0.111. The van der Waals surface area contributed by atoms with E-state index in [4.69, 9.17) is 0 Å². The van der Waals surface area contributed by atoms with Gasteiger partial charge in [-0.2, -0.15) is 15.4 Å². The smallest absolute Gasteiger partial charge is 0.277 e. The lowest BCUT2D eigenvalue weighted by Gasteiger charge is -2.04. The molecule has 2 heterocycles. The highest BCUT2D eigenvalue weighted by molar-refractivity contribution is 6.02. The normalized spacial score (nSPS) is 9.93. The van der Waals surface area contributed by atoms with Gasteiger partial charge in [0.1, 0.15) is 0 Å². The van der Waals surface area contributed by atoms with Crippen LogP contribution in [0.3, 0.4) is 0 Å². The first-order valence-electron chi connectivity index (χ1n) is 4.35. The van der Waals surface area contributed by atoms with Crippen molar-refractivity contribution in [2.45, 2.75) is 6.92 Å². The summed E-state index contributed by atoms with van der Waals surface area (Å²) in [6.07, 6.45) is 4.66. The molecular formula is C9H9N5O. The van der Waals surface area contributed by atoms with Gasteiger partial charge in [0.25, 0.3) is 5.91 Å². The topological polar surface area (TPSA) is 83.6 Å². The maximum Gasteiger partial charge on any atom is 0.277 e. The van der Waals surface area contributed by atoms with Crippen LogP contribution < -0.4 is 5.32 Å². The van der Waals surface area contributed by atoms with E-state index >= 15 is 0 Å². The summed E-state index contributed by atoms with van der Waals surface area (Å²) in [7, 11) is 0. The molecule has 1 amide bonds. The minimum absolute atomic E-state index is 0.256. The average molecular weight is 203 g/mol. The van der Waals surface area contributed by atoms with Crippen molar-refractivity contribution >= 4 is 11.6 Å². The zero-order valence-corrected chi connectivity index (χ0v) is 8.06. The van der Waals surface area contributed by atoms with Gasteiger partial charge in [-0.25, -0.2) is 0 Å². The third-order valence-electron chi connectivity index (χ3n) is 1.92. The van der Waals surface area contributed by atoms with Gasteiger partial charge in [-0.3, -0.25) is 9.78 Å². The molecule has 6 nitrogen and oxygen atoms in total. The van der Waals surface area contributed by atoms with Gasteiger partial charge in [-0.1, -0.05) is 0 Å². The molecule has 0 radical (unpaired) electrons. The summed E-state index contributed by atoms with van der Waals surface area (Å²) in [5.41, 5.74) is 1.87. The number of hydrogen-bond acceptors (Lipinski definition) is 4. The molecule has 0 aliphatic heterocycles. The van der Waals surface area contributed by atoms with Crippen molar-refractivity contribution < 1.29 is 4.79 Å². The number of anilines is 1. The number of amides is 1. The second-order valence-corrected chi connectivity index (χ2v) is 3.00. The molecule has 0 atom stereocenters. The molecule has 76 valence electrons. The Morgan fingerprint density at radius 1 is 1.47 bits per heavy atom. The molecule has 0 aromatic carbocycles. The minimum Gasteiger partial charge on any atom is -0.320 e. The van der Waals surface area contributed by atoms with Crippen LogP contribution in [-0.4, -0.2) is 26.3 Å². The number of pyridine rings is 1. The molecule has 2 N–H and O–H groups in total. The zero-order valence-electron chi connectivity index (χ0n) is 8.06. The maximum atomic E-state index is 11.6. The van der Waals surface area contributed by atoms with Crippen molar-refractivity contribution in [2.24, 2.45) is 0 Å². The molecule has 2 rings (SSSR count). The van der Waals surface area contributed by atoms with Crippen LogP contribution in [0.1, 0.15) is 16.1 Å². The number of aryl methyl sites for hydroxylation is 1. The van der Waals surface area contributed by atoms with E-state index in [1.807, 2.05) is 6.92 Å². The molecule has 0 bridgehead atoms. The quantitative estimate of drug-likeness (QED) is 0.754. The molecule has 0 aliphatic rings. The molecule has 6 heteroatoms. The summed E-state index contributed by atoms with van der Waals surface area (Å²) < 4.78 is 0. The van der Waals surface area contributed by atoms with Crippen molar-refractivity contribution in [1.29, 1.82) is 0 Å². The standard InChI is InChI=1S/C9H9N5O/c1-6-4-10-3-2-7(6)12-9(15)8-5-11-14-13-8/h2-5H,1H3,(H,10,12,15)(H,11,13,14). The van der Waals surface area contributed by atoms with Gasteiger partial charge < -0.3 is 5.32 Å². The van der Waals surface area contributed by atoms with Gasteiger partial charge in [0.05, 0.1) is 6.20 Å². The Labute approximate surface area is 85.7 Å². The second-order valence-electron chi connectivity index (χ2n) is 3.00. The first-order valence-corrected chi connectivity index (χ1v) is 4.35. The molecule has 0 unspecified atom stereocenters. The van der Waals surface area contributed by atoms with E-state index in [1.54, 1.807) is 18.5 Å². The van der Waals surface area contributed by atoms with Crippen molar-refractivity contribution in [3.63, 3.8) is 0 Å². The maximum absolute atomic E-state index is 11.6. The summed E-state index contributed by atoms with van der Waals surface area (Å²) in [6.45, 7) is 1.87. The molecule has 2 aromatic rings. The molecule has 15 heavy (non-hydrogen) atoms. The molecule has 0 fully saturated rings. The number of H-pyrrole nitrogens is 1. The number of rotatable bonds is 2. The first-order chi connectivity index (χ1) is 7.27. The van der Waals surface area contributed by atoms with Gasteiger partial charge in [0, 0.05) is 18.1 Å². The summed E-state index contributed by atoms with van der Waals surface area (Å²) in [5, 5.41) is 12.3. The predicted octanol–water partition coefficient (Wildman–Crippen LogP) is 0.760. The van der Waals surface area contributed by atoms with Gasteiger partial charge in [0.2, 0.25) is 0 Å². The molecule has 0 saturated heterocycles. The van der Waals surface area contributed by atoms with E-state index in [1.165, 1.54) is 6.20 Å². The van der Waals surface area contributed by atoms with E-state index in [0.717, 1.165) is 11.3 Å². The number of carbonyl (C=O) groups excluding carboxylic acids is 1. The van der Waals surface area contributed by atoms with Crippen LogP contribution in [0.5, 0.6) is 0 Å². The van der Waals surface area contributed by atoms with E-state index in [0.29, 0.717) is 0 Å². The fourth-order valence-corrected chi connectivity index (χ4v) is 1.11. The third kappa shape index (κ3) is 1.98. The second kappa shape index (κ2) is 3.87. The number of carbonyl (C=O) groups is 1. The van der Waals surface area contributed by atoms with E-state index in [9.17, 15) is 4.79 Å². The van der Waals surface area contributed by atoms with Crippen LogP contribution in [0.15, 0.2) is 24.7 Å². The van der Waals surface area contributed by atoms with Crippen molar-refractivity contribution in [1.82, 2.24) is 20.4 Å². The SMILES string of the molecule is Cc1cnccc1NC(=O)c1cn[nH]n1. The van der Waals surface area contributed by atoms with E-state index in [-0.39, 0.29) is 11.6 Å². The lowest BCUT2D eigenvalue weighted by molar-refractivity contribution is 0.102. The summed E-state index contributed by atoms with van der Waals surface area (Å²) in [6, 6.07) is 1.73. The third-order valence-corrected chi connectivity index (χ3v) is 1.92. The van der Waals surface area contributed by atoms with Crippen molar-refractivity contribution in [2.75, 3.05) is 5.32 Å². The average Bonchev–Trinajstić information content (AvgIpc) is 2.74. The Bertz CT molecular complexity index is 465. The monoisotopic (exact) mass is 203 g/mol. The molecule has 0 aliphatic carbocycles. The van der Waals surface area contributed by atoms with Crippen LogP contribution in [0.4, 0.5) is 5.69 Å². The molecule has 0 saturated carbocycles. The van der Waals surface area contributed by atoms with Crippen LogP contribution in [-0.2, 0) is 0 Å². The van der Waals surface area contributed by atoms with Crippen LogP contribution >= 0.6 is 0 Å². The first kappa shape index (κ1) is 9.32. The minimum atomic E-state index is -0.293. The Morgan fingerprint density at radius 3 is 3.00 bits per heavy atom. The largest absolute Gasteiger partial charge is 0.320 e. The number of aromatic amines is 1. The Balaban J connectivity index is 2.17. The van der Waals surface area contributed by atoms with Crippen LogP contribution in [0.2, 0.25) is 0 Å². The molecule has 0 spiro atoms. The van der Waals surface area contributed by atoms with Gasteiger partial charge in [-0.15, -0.1) is 0 Å². The summed E-state index contributed by atoms with van der Waals surface area (Å²) in [4.78, 5) is 15.5.